The molecule has 0 radical (unpaired) electrons. The summed E-state index contributed by atoms with van der Waals surface area (Å²) in [4.78, 5) is 13.3. The highest BCUT2D eigenvalue weighted by Crippen LogP contribution is 2.15. The van der Waals surface area contributed by atoms with Crippen molar-refractivity contribution < 1.29 is 9.53 Å². The van der Waals surface area contributed by atoms with Gasteiger partial charge in [0.1, 0.15) is 5.75 Å². The van der Waals surface area contributed by atoms with Crippen molar-refractivity contribution in [3.05, 3.63) is 52.2 Å². The summed E-state index contributed by atoms with van der Waals surface area (Å²) in [6, 6.07) is 11.0. The lowest BCUT2D eigenvalue weighted by Crippen LogP contribution is -2.38. The summed E-state index contributed by atoms with van der Waals surface area (Å²) in [6.45, 7) is 4.69. The molecule has 0 fully saturated rings. The van der Waals surface area contributed by atoms with Crippen LogP contribution in [0.1, 0.15) is 35.5 Å². The number of thiocarbonyl (C=S) groups is 1. The Morgan fingerprint density at radius 3 is 2.65 bits per heavy atom. The topological polar surface area (TPSA) is 50.4 Å². The van der Waals surface area contributed by atoms with Crippen molar-refractivity contribution in [3.63, 3.8) is 0 Å². The van der Waals surface area contributed by atoms with Gasteiger partial charge in [-0.15, -0.1) is 11.3 Å². The lowest BCUT2D eigenvalue weighted by atomic mass is 10.2. The standard InChI is InChI=1S/C17H20N2O2S2/c1-3-12(2)21-14-8-6-13(7-9-14)16(20)19-17(22)18-11-15-5-4-10-23-15/h4-10,12H,3,11H2,1-2H3,(H2,18,19,20,22). The lowest BCUT2D eigenvalue weighted by molar-refractivity contribution is 0.0976. The van der Waals surface area contributed by atoms with E-state index < -0.39 is 0 Å². The third-order valence-corrected chi connectivity index (χ3v) is 4.38. The van der Waals surface area contributed by atoms with Gasteiger partial charge in [-0.3, -0.25) is 10.1 Å². The molecule has 1 aromatic carbocycles. The maximum absolute atomic E-state index is 12.1. The van der Waals surface area contributed by atoms with Crippen LogP contribution in [0.15, 0.2) is 41.8 Å². The van der Waals surface area contributed by atoms with Crippen molar-refractivity contribution in [2.75, 3.05) is 0 Å². The van der Waals surface area contributed by atoms with Gasteiger partial charge in [0.05, 0.1) is 12.6 Å². The fourth-order valence-corrected chi connectivity index (χ4v) is 2.61. The summed E-state index contributed by atoms with van der Waals surface area (Å²) >= 11 is 6.78. The third-order valence-electron chi connectivity index (χ3n) is 3.26. The molecule has 0 aliphatic carbocycles. The zero-order valence-electron chi connectivity index (χ0n) is 13.2. The number of benzene rings is 1. The molecule has 2 rings (SSSR count). The smallest absolute Gasteiger partial charge is 0.257 e. The molecule has 0 bridgehead atoms. The average molecular weight is 348 g/mol. The fraction of sp³-hybridized carbons (Fsp3) is 0.294. The molecule has 6 heteroatoms. The van der Waals surface area contributed by atoms with Crippen LogP contribution in [0.25, 0.3) is 0 Å². The molecule has 1 amide bonds. The molecule has 4 nitrogen and oxygen atoms in total. The van der Waals surface area contributed by atoms with Crippen LogP contribution in [0, 0.1) is 0 Å². The molecule has 2 aromatic rings. The largest absolute Gasteiger partial charge is 0.491 e. The first-order valence-corrected chi connectivity index (χ1v) is 8.75. The molecule has 122 valence electrons. The van der Waals surface area contributed by atoms with E-state index in [2.05, 4.69) is 17.6 Å². The number of hydrogen-bond donors (Lipinski definition) is 2. The van der Waals surface area contributed by atoms with E-state index in [1.165, 1.54) is 0 Å². The number of carbonyl (C=O) groups is 1. The molecule has 1 unspecified atom stereocenters. The van der Waals surface area contributed by atoms with Crippen LogP contribution in [-0.2, 0) is 6.54 Å². The minimum absolute atomic E-state index is 0.156. The SMILES string of the molecule is CCC(C)Oc1ccc(C(=O)NC(=S)NCc2cccs2)cc1. The fourth-order valence-electron chi connectivity index (χ4n) is 1.80. The van der Waals surface area contributed by atoms with E-state index in [4.69, 9.17) is 17.0 Å². The van der Waals surface area contributed by atoms with Crippen molar-refractivity contribution in [1.82, 2.24) is 10.6 Å². The zero-order valence-corrected chi connectivity index (χ0v) is 14.8. The van der Waals surface area contributed by atoms with E-state index >= 15 is 0 Å². The van der Waals surface area contributed by atoms with E-state index in [1.54, 1.807) is 35.6 Å². The molecule has 0 spiro atoms. The van der Waals surface area contributed by atoms with Crippen LogP contribution in [0.3, 0.4) is 0 Å². The Bertz CT molecular complexity index is 639. The van der Waals surface area contributed by atoms with E-state index in [0.29, 0.717) is 17.2 Å². The minimum atomic E-state index is -0.233. The number of nitrogens with one attached hydrogen (secondary N) is 2. The second-order valence-electron chi connectivity index (χ2n) is 5.08. The van der Waals surface area contributed by atoms with Crippen LogP contribution in [0.2, 0.25) is 0 Å². The minimum Gasteiger partial charge on any atom is -0.491 e. The van der Waals surface area contributed by atoms with E-state index in [-0.39, 0.29) is 12.0 Å². The van der Waals surface area contributed by atoms with Crippen molar-refractivity contribution in [3.8, 4) is 5.75 Å². The monoisotopic (exact) mass is 348 g/mol. The van der Waals surface area contributed by atoms with Crippen LogP contribution in [0.5, 0.6) is 5.75 Å². The first-order chi connectivity index (χ1) is 11.1. The lowest BCUT2D eigenvalue weighted by Gasteiger charge is -2.13. The van der Waals surface area contributed by atoms with Gasteiger partial charge in [0.2, 0.25) is 0 Å². The number of rotatable bonds is 6. The van der Waals surface area contributed by atoms with Crippen LogP contribution < -0.4 is 15.4 Å². The van der Waals surface area contributed by atoms with Crippen LogP contribution >= 0.6 is 23.6 Å². The van der Waals surface area contributed by atoms with Gasteiger partial charge in [-0.2, -0.15) is 0 Å². The maximum atomic E-state index is 12.1. The van der Waals surface area contributed by atoms with E-state index in [9.17, 15) is 4.79 Å². The second kappa shape index (κ2) is 8.64. The van der Waals surface area contributed by atoms with Crippen LogP contribution in [-0.4, -0.2) is 17.1 Å². The number of ether oxygens (including phenoxy) is 1. The molecule has 0 saturated carbocycles. The average Bonchev–Trinajstić information content (AvgIpc) is 3.07. The number of hydrogen-bond acceptors (Lipinski definition) is 4. The highest BCUT2D eigenvalue weighted by atomic mass is 32.1. The Kier molecular flexibility index (Phi) is 6.55. The molecular formula is C17H20N2O2S2. The Labute approximate surface area is 145 Å². The van der Waals surface area contributed by atoms with Crippen molar-refractivity contribution in [2.45, 2.75) is 32.9 Å². The number of carbonyl (C=O) groups excluding carboxylic acids is 1. The van der Waals surface area contributed by atoms with Crippen molar-refractivity contribution in [2.24, 2.45) is 0 Å². The van der Waals surface area contributed by atoms with Crippen molar-refractivity contribution >= 4 is 34.6 Å². The summed E-state index contributed by atoms with van der Waals surface area (Å²) in [7, 11) is 0. The van der Waals surface area contributed by atoms with Gasteiger partial charge < -0.3 is 10.1 Å². The van der Waals surface area contributed by atoms with Crippen molar-refractivity contribution in [1.29, 1.82) is 0 Å². The van der Waals surface area contributed by atoms with Gasteiger partial charge in [-0.05, 0) is 61.3 Å². The molecule has 0 saturated heterocycles. The number of thiophene rings is 1. The Morgan fingerprint density at radius 1 is 1.30 bits per heavy atom. The molecule has 1 atom stereocenters. The Balaban J connectivity index is 1.83. The van der Waals surface area contributed by atoms with Crippen LogP contribution in [0.4, 0.5) is 0 Å². The summed E-state index contributed by atoms with van der Waals surface area (Å²) < 4.78 is 5.69. The summed E-state index contributed by atoms with van der Waals surface area (Å²) in [5.74, 6) is 0.526. The first-order valence-electron chi connectivity index (χ1n) is 7.46. The van der Waals surface area contributed by atoms with Gasteiger partial charge >= 0.3 is 0 Å². The quantitative estimate of drug-likeness (QED) is 0.781. The first kappa shape index (κ1) is 17.4. The second-order valence-corrected chi connectivity index (χ2v) is 6.52. The van der Waals surface area contributed by atoms with Gasteiger partial charge in [0.15, 0.2) is 5.11 Å². The predicted molar refractivity (Wildman–Crippen MR) is 98.0 cm³/mol. The number of amides is 1. The van der Waals surface area contributed by atoms with Gasteiger partial charge in [0, 0.05) is 10.4 Å². The molecule has 0 aliphatic heterocycles. The Morgan fingerprint density at radius 2 is 2.04 bits per heavy atom. The molecule has 23 heavy (non-hydrogen) atoms. The maximum Gasteiger partial charge on any atom is 0.257 e. The molecule has 1 heterocycles. The van der Waals surface area contributed by atoms with E-state index in [1.807, 2.05) is 24.4 Å². The van der Waals surface area contributed by atoms with Gasteiger partial charge in [-0.1, -0.05) is 13.0 Å². The predicted octanol–water partition coefficient (Wildman–Crippen LogP) is 3.73. The summed E-state index contributed by atoms with van der Waals surface area (Å²) in [5.41, 5.74) is 0.543. The third kappa shape index (κ3) is 5.65. The zero-order chi connectivity index (χ0) is 16.7. The van der Waals surface area contributed by atoms with Gasteiger partial charge in [-0.25, -0.2) is 0 Å². The molecule has 0 aliphatic rings. The summed E-state index contributed by atoms with van der Waals surface area (Å²) in [6.07, 6.45) is 1.09. The summed E-state index contributed by atoms with van der Waals surface area (Å²) in [5, 5.41) is 8.02. The molecule has 1 aromatic heterocycles. The normalized spacial score (nSPS) is 11.6. The highest BCUT2D eigenvalue weighted by molar-refractivity contribution is 7.80. The molecule has 2 N–H and O–H groups in total. The van der Waals surface area contributed by atoms with E-state index in [0.717, 1.165) is 17.0 Å². The highest BCUT2D eigenvalue weighted by Gasteiger charge is 2.09. The molecular weight excluding hydrogens is 328 g/mol. The Hall–Kier alpha value is -1.92. The van der Waals surface area contributed by atoms with Gasteiger partial charge in [0.25, 0.3) is 5.91 Å².